The molecule has 0 saturated carbocycles. The number of hydrogen-bond donors (Lipinski definition) is 0. The molecule has 1 aliphatic rings. The predicted molar refractivity (Wildman–Crippen MR) is 77.5 cm³/mol. The van der Waals surface area contributed by atoms with Crippen molar-refractivity contribution in [2.45, 2.75) is 19.4 Å². The lowest BCUT2D eigenvalue weighted by Gasteiger charge is -2.31. The Balaban J connectivity index is 1.88. The van der Waals surface area contributed by atoms with E-state index in [9.17, 15) is 4.79 Å². The molecule has 0 unspecified atom stereocenters. The zero-order valence-electron chi connectivity index (χ0n) is 11.2. The average Bonchev–Trinajstić information content (AvgIpc) is 2.43. The van der Waals surface area contributed by atoms with Crippen LogP contribution < -0.4 is 10.5 Å². The molecule has 1 aliphatic heterocycles. The minimum Gasteiger partial charge on any atom is -0.367 e. The van der Waals surface area contributed by atoms with Gasteiger partial charge in [-0.2, -0.15) is 0 Å². The van der Waals surface area contributed by atoms with Crippen LogP contribution in [0.1, 0.15) is 17.5 Å². The van der Waals surface area contributed by atoms with Gasteiger partial charge in [-0.1, -0.05) is 18.2 Å². The van der Waals surface area contributed by atoms with E-state index in [1.54, 1.807) is 17.7 Å². The van der Waals surface area contributed by atoms with Crippen molar-refractivity contribution < 1.29 is 0 Å². The van der Waals surface area contributed by atoms with Gasteiger partial charge in [0.15, 0.2) is 0 Å². The lowest BCUT2D eigenvalue weighted by molar-refractivity contribution is 0.689. The fraction of sp³-hybridized carbons (Fsp3) is 0.312. The average molecular weight is 254 g/mol. The second-order valence-corrected chi connectivity index (χ2v) is 5.14. The molecule has 1 aromatic carbocycles. The van der Waals surface area contributed by atoms with Crippen LogP contribution in [0.3, 0.4) is 0 Å². The van der Waals surface area contributed by atoms with Gasteiger partial charge in [-0.3, -0.25) is 4.79 Å². The SMILES string of the molecule is Cn1ccc(CN2CCCc3ccccc32)cc1=O. The molecule has 3 nitrogen and oxygen atoms in total. The van der Waals surface area contributed by atoms with Gasteiger partial charge < -0.3 is 9.47 Å². The smallest absolute Gasteiger partial charge is 0.250 e. The van der Waals surface area contributed by atoms with Gasteiger partial charge in [0.25, 0.3) is 5.56 Å². The summed E-state index contributed by atoms with van der Waals surface area (Å²) in [5.74, 6) is 0. The highest BCUT2D eigenvalue weighted by Crippen LogP contribution is 2.27. The summed E-state index contributed by atoms with van der Waals surface area (Å²) in [5, 5.41) is 0. The maximum Gasteiger partial charge on any atom is 0.250 e. The fourth-order valence-corrected chi connectivity index (χ4v) is 2.68. The molecule has 0 aliphatic carbocycles. The Morgan fingerprint density at radius 2 is 2.05 bits per heavy atom. The van der Waals surface area contributed by atoms with Gasteiger partial charge in [-0.15, -0.1) is 0 Å². The van der Waals surface area contributed by atoms with Crippen molar-refractivity contribution in [1.82, 2.24) is 4.57 Å². The second kappa shape index (κ2) is 4.92. The number of benzene rings is 1. The Hall–Kier alpha value is -2.03. The first-order chi connectivity index (χ1) is 9.24. The molecule has 3 heteroatoms. The summed E-state index contributed by atoms with van der Waals surface area (Å²) >= 11 is 0. The first-order valence-corrected chi connectivity index (χ1v) is 6.72. The topological polar surface area (TPSA) is 25.2 Å². The van der Waals surface area contributed by atoms with Crippen LogP contribution >= 0.6 is 0 Å². The van der Waals surface area contributed by atoms with Crippen molar-refractivity contribution in [3.05, 3.63) is 64.1 Å². The maximum absolute atomic E-state index is 11.7. The predicted octanol–water partition coefficient (Wildman–Crippen LogP) is 2.34. The zero-order valence-corrected chi connectivity index (χ0v) is 11.2. The maximum atomic E-state index is 11.7. The van der Waals surface area contributed by atoms with E-state index in [-0.39, 0.29) is 5.56 Å². The zero-order chi connectivity index (χ0) is 13.2. The van der Waals surface area contributed by atoms with Crippen molar-refractivity contribution in [2.75, 3.05) is 11.4 Å². The number of hydrogen-bond acceptors (Lipinski definition) is 2. The fourth-order valence-electron chi connectivity index (χ4n) is 2.68. The standard InChI is InChI=1S/C16H18N2O/c1-17-10-8-13(11-16(17)19)12-18-9-4-6-14-5-2-3-7-15(14)18/h2-3,5,7-8,10-11H,4,6,9,12H2,1H3. The molecule has 2 aromatic rings. The molecule has 2 heterocycles. The van der Waals surface area contributed by atoms with E-state index < -0.39 is 0 Å². The summed E-state index contributed by atoms with van der Waals surface area (Å²) < 4.78 is 1.60. The third-order valence-corrected chi connectivity index (χ3v) is 3.75. The van der Waals surface area contributed by atoms with Crippen LogP contribution in [0.4, 0.5) is 5.69 Å². The number of para-hydroxylation sites is 1. The normalized spacial score (nSPS) is 14.3. The first kappa shape index (κ1) is 12.0. The highest BCUT2D eigenvalue weighted by molar-refractivity contribution is 5.55. The summed E-state index contributed by atoms with van der Waals surface area (Å²) in [7, 11) is 1.78. The Morgan fingerprint density at radius 3 is 2.89 bits per heavy atom. The van der Waals surface area contributed by atoms with E-state index >= 15 is 0 Å². The number of aryl methyl sites for hydroxylation is 2. The van der Waals surface area contributed by atoms with Crippen molar-refractivity contribution in [2.24, 2.45) is 7.05 Å². The molecule has 0 amide bonds. The minimum absolute atomic E-state index is 0.0581. The Kier molecular flexibility index (Phi) is 3.11. The summed E-state index contributed by atoms with van der Waals surface area (Å²) in [6.45, 7) is 1.87. The highest BCUT2D eigenvalue weighted by atomic mass is 16.1. The quantitative estimate of drug-likeness (QED) is 0.822. The third kappa shape index (κ3) is 2.41. The van der Waals surface area contributed by atoms with Crippen LogP contribution in [0.15, 0.2) is 47.4 Å². The molecule has 19 heavy (non-hydrogen) atoms. The van der Waals surface area contributed by atoms with Crippen molar-refractivity contribution >= 4 is 5.69 Å². The molecular weight excluding hydrogens is 236 g/mol. The molecule has 0 bridgehead atoms. The van der Waals surface area contributed by atoms with Gasteiger partial charge in [0.2, 0.25) is 0 Å². The van der Waals surface area contributed by atoms with Crippen LogP contribution in [-0.4, -0.2) is 11.1 Å². The number of nitrogens with zero attached hydrogens (tertiary/aromatic N) is 2. The lowest BCUT2D eigenvalue weighted by Crippen LogP contribution is -2.29. The van der Waals surface area contributed by atoms with E-state index in [1.807, 2.05) is 12.3 Å². The second-order valence-electron chi connectivity index (χ2n) is 5.14. The van der Waals surface area contributed by atoms with Crippen LogP contribution in [0, 0.1) is 0 Å². The Morgan fingerprint density at radius 1 is 1.21 bits per heavy atom. The van der Waals surface area contributed by atoms with Crippen LogP contribution in [0.5, 0.6) is 0 Å². The molecule has 3 rings (SSSR count). The van der Waals surface area contributed by atoms with Crippen molar-refractivity contribution in [3.63, 3.8) is 0 Å². The largest absolute Gasteiger partial charge is 0.367 e. The number of pyridine rings is 1. The van der Waals surface area contributed by atoms with Crippen molar-refractivity contribution in [1.29, 1.82) is 0 Å². The molecule has 0 atom stereocenters. The Labute approximate surface area is 113 Å². The van der Waals surface area contributed by atoms with Gasteiger partial charge in [0.05, 0.1) is 0 Å². The van der Waals surface area contributed by atoms with E-state index in [0.29, 0.717) is 0 Å². The van der Waals surface area contributed by atoms with E-state index in [4.69, 9.17) is 0 Å². The number of aromatic nitrogens is 1. The minimum atomic E-state index is 0.0581. The molecule has 0 N–H and O–H groups in total. The molecule has 1 aromatic heterocycles. The lowest BCUT2D eigenvalue weighted by atomic mass is 10.0. The molecule has 0 radical (unpaired) electrons. The number of anilines is 1. The highest BCUT2D eigenvalue weighted by Gasteiger charge is 2.16. The monoisotopic (exact) mass is 254 g/mol. The number of fused-ring (bicyclic) bond motifs is 1. The van der Waals surface area contributed by atoms with Crippen molar-refractivity contribution in [3.8, 4) is 0 Å². The van der Waals surface area contributed by atoms with E-state index in [1.165, 1.54) is 17.7 Å². The first-order valence-electron chi connectivity index (χ1n) is 6.72. The molecule has 0 spiro atoms. The summed E-state index contributed by atoms with van der Waals surface area (Å²) in [4.78, 5) is 14.0. The van der Waals surface area contributed by atoms with Gasteiger partial charge in [0.1, 0.15) is 0 Å². The summed E-state index contributed by atoms with van der Waals surface area (Å²) in [6.07, 6.45) is 4.18. The van der Waals surface area contributed by atoms with Gasteiger partial charge >= 0.3 is 0 Å². The molecule has 0 fully saturated rings. The van der Waals surface area contributed by atoms with Crippen LogP contribution in [-0.2, 0) is 20.0 Å². The van der Waals surface area contributed by atoms with E-state index in [0.717, 1.165) is 25.1 Å². The van der Waals surface area contributed by atoms with E-state index in [2.05, 4.69) is 29.2 Å². The molecule has 0 saturated heterocycles. The Bertz CT molecular complexity index is 645. The summed E-state index contributed by atoms with van der Waals surface area (Å²) in [6, 6.07) is 12.3. The van der Waals surface area contributed by atoms with Gasteiger partial charge in [-0.05, 0) is 36.1 Å². The third-order valence-electron chi connectivity index (χ3n) is 3.75. The van der Waals surface area contributed by atoms with Gasteiger partial charge in [-0.25, -0.2) is 0 Å². The molecular formula is C16H18N2O. The van der Waals surface area contributed by atoms with Crippen LogP contribution in [0.2, 0.25) is 0 Å². The van der Waals surface area contributed by atoms with Gasteiger partial charge in [0, 0.05) is 38.1 Å². The summed E-state index contributed by atoms with van der Waals surface area (Å²) in [5.41, 5.74) is 3.87. The van der Waals surface area contributed by atoms with Crippen LogP contribution in [0.25, 0.3) is 0 Å². The number of rotatable bonds is 2. The molecule has 98 valence electrons.